The van der Waals surface area contributed by atoms with Crippen molar-refractivity contribution in [1.29, 1.82) is 0 Å². The Hall–Kier alpha value is -2.03. The van der Waals surface area contributed by atoms with Crippen LogP contribution in [-0.4, -0.2) is 13.7 Å². The van der Waals surface area contributed by atoms with Crippen molar-refractivity contribution in [2.24, 2.45) is 0 Å². The third kappa shape index (κ3) is 3.89. The third-order valence-electron chi connectivity index (χ3n) is 4.34. The standard InChI is InChI=1S/C21H22ClNO/c1-15-5-3-6-16-14-19(9-10-20(15)16)24-12-11-21(23-2)17-7-4-8-18(22)13-17/h3-10,13-14,21,23H,11-12H2,1-2H3. The molecule has 2 nitrogen and oxygen atoms in total. The molecule has 0 radical (unpaired) electrons. The predicted octanol–water partition coefficient (Wildman–Crippen LogP) is 5.53. The summed E-state index contributed by atoms with van der Waals surface area (Å²) in [6.07, 6.45) is 0.878. The highest BCUT2D eigenvalue weighted by Gasteiger charge is 2.10. The van der Waals surface area contributed by atoms with E-state index in [4.69, 9.17) is 16.3 Å². The van der Waals surface area contributed by atoms with E-state index in [0.717, 1.165) is 17.2 Å². The number of fused-ring (bicyclic) bond motifs is 1. The number of aryl methyl sites for hydroxylation is 1. The van der Waals surface area contributed by atoms with E-state index in [1.165, 1.54) is 21.9 Å². The Labute approximate surface area is 148 Å². The van der Waals surface area contributed by atoms with Gasteiger partial charge < -0.3 is 10.1 Å². The number of nitrogens with one attached hydrogen (secondary N) is 1. The van der Waals surface area contributed by atoms with Crippen molar-refractivity contribution in [2.75, 3.05) is 13.7 Å². The molecule has 0 aliphatic carbocycles. The van der Waals surface area contributed by atoms with Gasteiger partial charge in [0.1, 0.15) is 5.75 Å². The average Bonchev–Trinajstić information content (AvgIpc) is 2.59. The van der Waals surface area contributed by atoms with E-state index in [1.54, 1.807) is 0 Å². The van der Waals surface area contributed by atoms with Crippen LogP contribution in [0.15, 0.2) is 60.7 Å². The number of hydrogen-bond donors (Lipinski definition) is 1. The van der Waals surface area contributed by atoms with Gasteiger partial charge in [0.15, 0.2) is 0 Å². The largest absolute Gasteiger partial charge is 0.494 e. The summed E-state index contributed by atoms with van der Waals surface area (Å²) in [5.74, 6) is 0.911. The molecule has 0 saturated heterocycles. The molecule has 3 heteroatoms. The summed E-state index contributed by atoms with van der Waals surface area (Å²) in [6, 6.07) is 20.8. The van der Waals surface area contributed by atoms with Crippen molar-refractivity contribution in [3.63, 3.8) is 0 Å². The molecular formula is C21H22ClNO. The highest BCUT2D eigenvalue weighted by atomic mass is 35.5. The summed E-state index contributed by atoms with van der Waals surface area (Å²) in [7, 11) is 1.96. The molecule has 0 aliphatic rings. The topological polar surface area (TPSA) is 21.3 Å². The van der Waals surface area contributed by atoms with Crippen LogP contribution in [0.4, 0.5) is 0 Å². The molecule has 0 bridgehead atoms. The lowest BCUT2D eigenvalue weighted by Crippen LogP contribution is -2.19. The normalized spacial score (nSPS) is 12.3. The maximum atomic E-state index is 6.09. The summed E-state index contributed by atoms with van der Waals surface area (Å²) in [6.45, 7) is 2.78. The smallest absolute Gasteiger partial charge is 0.119 e. The van der Waals surface area contributed by atoms with Gasteiger partial charge in [-0.2, -0.15) is 0 Å². The molecule has 124 valence electrons. The Morgan fingerprint density at radius 1 is 1.04 bits per heavy atom. The number of halogens is 1. The van der Waals surface area contributed by atoms with Gasteiger partial charge in [0, 0.05) is 17.5 Å². The van der Waals surface area contributed by atoms with E-state index in [9.17, 15) is 0 Å². The van der Waals surface area contributed by atoms with Crippen LogP contribution in [0.3, 0.4) is 0 Å². The fraction of sp³-hybridized carbons (Fsp3) is 0.238. The number of hydrogen-bond acceptors (Lipinski definition) is 2. The lowest BCUT2D eigenvalue weighted by molar-refractivity contribution is 0.290. The molecule has 0 saturated carbocycles. The van der Waals surface area contributed by atoms with E-state index < -0.39 is 0 Å². The van der Waals surface area contributed by atoms with Gasteiger partial charge in [-0.1, -0.05) is 48.0 Å². The summed E-state index contributed by atoms with van der Waals surface area (Å²) in [5.41, 5.74) is 2.47. The Bertz CT molecular complexity index is 831. The van der Waals surface area contributed by atoms with Crippen LogP contribution in [0.1, 0.15) is 23.6 Å². The van der Waals surface area contributed by atoms with E-state index in [-0.39, 0.29) is 6.04 Å². The van der Waals surface area contributed by atoms with E-state index in [2.05, 4.69) is 48.6 Å². The minimum atomic E-state index is 0.228. The van der Waals surface area contributed by atoms with Crippen LogP contribution in [-0.2, 0) is 0 Å². The predicted molar refractivity (Wildman–Crippen MR) is 102 cm³/mol. The molecule has 0 amide bonds. The number of rotatable bonds is 6. The van der Waals surface area contributed by atoms with Crippen LogP contribution >= 0.6 is 11.6 Å². The van der Waals surface area contributed by atoms with Crippen LogP contribution in [0, 0.1) is 6.92 Å². The number of ether oxygens (including phenoxy) is 1. The fourth-order valence-corrected chi connectivity index (χ4v) is 3.21. The SMILES string of the molecule is CNC(CCOc1ccc2c(C)cccc2c1)c1cccc(Cl)c1. The zero-order chi connectivity index (χ0) is 16.9. The van der Waals surface area contributed by atoms with Gasteiger partial charge in [0.2, 0.25) is 0 Å². The maximum absolute atomic E-state index is 6.09. The highest BCUT2D eigenvalue weighted by molar-refractivity contribution is 6.30. The zero-order valence-electron chi connectivity index (χ0n) is 14.1. The van der Waals surface area contributed by atoms with Crippen molar-refractivity contribution >= 4 is 22.4 Å². The van der Waals surface area contributed by atoms with Crippen LogP contribution in [0.5, 0.6) is 5.75 Å². The Kier molecular flexibility index (Phi) is 5.39. The van der Waals surface area contributed by atoms with Gasteiger partial charge in [-0.05, 0) is 60.1 Å². The van der Waals surface area contributed by atoms with Gasteiger partial charge in [0.05, 0.1) is 6.61 Å². The molecule has 3 aromatic carbocycles. The minimum Gasteiger partial charge on any atom is -0.494 e. The van der Waals surface area contributed by atoms with Gasteiger partial charge in [-0.15, -0.1) is 0 Å². The van der Waals surface area contributed by atoms with Crippen LogP contribution < -0.4 is 10.1 Å². The van der Waals surface area contributed by atoms with E-state index >= 15 is 0 Å². The lowest BCUT2D eigenvalue weighted by atomic mass is 10.0. The fourth-order valence-electron chi connectivity index (χ4n) is 3.01. The van der Waals surface area contributed by atoms with E-state index in [0.29, 0.717) is 6.61 Å². The monoisotopic (exact) mass is 339 g/mol. The molecule has 0 heterocycles. The molecule has 0 aliphatic heterocycles. The molecule has 3 rings (SSSR count). The van der Waals surface area contributed by atoms with Crippen molar-refractivity contribution in [3.8, 4) is 5.75 Å². The van der Waals surface area contributed by atoms with Gasteiger partial charge >= 0.3 is 0 Å². The van der Waals surface area contributed by atoms with Gasteiger partial charge in [0.25, 0.3) is 0 Å². The second-order valence-electron chi connectivity index (χ2n) is 5.99. The average molecular weight is 340 g/mol. The van der Waals surface area contributed by atoms with Crippen molar-refractivity contribution in [2.45, 2.75) is 19.4 Å². The summed E-state index contributed by atoms with van der Waals surface area (Å²) in [4.78, 5) is 0. The third-order valence-corrected chi connectivity index (χ3v) is 4.58. The van der Waals surface area contributed by atoms with Gasteiger partial charge in [-0.3, -0.25) is 0 Å². The van der Waals surface area contributed by atoms with Crippen molar-refractivity contribution in [3.05, 3.63) is 76.8 Å². The summed E-state index contributed by atoms with van der Waals surface area (Å²) in [5, 5.41) is 6.58. The van der Waals surface area contributed by atoms with Gasteiger partial charge in [-0.25, -0.2) is 0 Å². The quantitative estimate of drug-likeness (QED) is 0.637. The van der Waals surface area contributed by atoms with Crippen LogP contribution in [0.2, 0.25) is 5.02 Å². The first-order valence-corrected chi connectivity index (χ1v) is 8.60. The second-order valence-corrected chi connectivity index (χ2v) is 6.43. The molecule has 3 aromatic rings. The molecule has 0 aromatic heterocycles. The van der Waals surface area contributed by atoms with Crippen molar-refractivity contribution in [1.82, 2.24) is 5.32 Å². The summed E-state index contributed by atoms with van der Waals surface area (Å²) >= 11 is 6.09. The van der Waals surface area contributed by atoms with Crippen molar-refractivity contribution < 1.29 is 4.74 Å². The van der Waals surface area contributed by atoms with Crippen LogP contribution in [0.25, 0.3) is 10.8 Å². The second kappa shape index (κ2) is 7.69. The Morgan fingerprint density at radius 2 is 1.88 bits per heavy atom. The first-order chi connectivity index (χ1) is 11.7. The molecular weight excluding hydrogens is 318 g/mol. The Morgan fingerprint density at radius 3 is 2.67 bits per heavy atom. The molecule has 0 fully saturated rings. The van der Waals surface area contributed by atoms with E-state index in [1.807, 2.05) is 31.3 Å². The molecule has 24 heavy (non-hydrogen) atoms. The Balaban J connectivity index is 1.65. The molecule has 1 unspecified atom stereocenters. The number of benzene rings is 3. The summed E-state index contributed by atoms with van der Waals surface area (Å²) < 4.78 is 5.97. The minimum absolute atomic E-state index is 0.228. The molecule has 1 atom stereocenters. The maximum Gasteiger partial charge on any atom is 0.119 e. The highest BCUT2D eigenvalue weighted by Crippen LogP contribution is 2.25. The zero-order valence-corrected chi connectivity index (χ0v) is 14.8. The lowest BCUT2D eigenvalue weighted by Gasteiger charge is -2.17. The first kappa shape index (κ1) is 16.8. The molecule has 1 N–H and O–H groups in total. The first-order valence-electron chi connectivity index (χ1n) is 8.22. The molecule has 0 spiro atoms.